The fourth-order valence-electron chi connectivity index (χ4n) is 5.69. The molecule has 0 aliphatic carbocycles. The van der Waals surface area contributed by atoms with Crippen LogP contribution in [-0.4, -0.2) is 9.13 Å². The van der Waals surface area contributed by atoms with E-state index in [1.54, 1.807) is 0 Å². The van der Waals surface area contributed by atoms with E-state index in [-0.39, 0.29) is 22.4 Å². The minimum Gasteiger partial charge on any atom is -0.446 e. The zero-order valence-corrected chi connectivity index (χ0v) is 19.8. The third-order valence-electron chi connectivity index (χ3n) is 7.25. The van der Waals surface area contributed by atoms with Gasteiger partial charge in [0.15, 0.2) is 16.7 Å². The summed E-state index contributed by atoms with van der Waals surface area (Å²) >= 11 is 0. The molecule has 0 spiro atoms. The van der Waals surface area contributed by atoms with Crippen molar-refractivity contribution >= 4 is 60.5 Å². The average Bonchev–Trinajstić information content (AvgIpc) is 3.68. The molecule has 0 atom stereocenters. The second-order valence-electron chi connectivity index (χ2n) is 9.16. The summed E-state index contributed by atoms with van der Waals surface area (Å²) in [6.07, 6.45) is 0. The van der Waals surface area contributed by atoms with E-state index in [2.05, 4.69) is 35.2 Å². The van der Waals surface area contributed by atoms with Crippen molar-refractivity contribution in [3.05, 3.63) is 114 Å². The van der Waals surface area contributed by atoms with Crippen LogP contribution < -0.4 is 0 Å². The number of aromatic nitrogens is 2. The Morgan fingerprint density at radius 2 is 0.974 bits per heavy atom. The minimum absolute atomic E-state index is 0.232. The number of rotatable bonds is 2. The third kappa shape index (κ3) is 2.48. The van der Waals surface area contributed by atoms with Crippen molar-refractivity contribution in [2.45, 2.75) is 0 Å². The van der Waals surface area contributed by atoms with Gasteiger partial charge in [0, 0.05) is 21.5 Å². The summed E-state index contributed by atoms with van der Waals surface area (Å²) in [6.45, 7) is 8.08. The van der Waals surface area contributed by atoms with Crippen molar-refractivity contribution in [3.8, 4) is 17.8 Å². The molecule has 0 bridgehead atoms. The van der Waals surface area contributed by atoms with Gasteiger partial charge in [-0.05, 0) is 24.3 Å². The summed E-state index contributed by atoms with van der Waals surface area (Å²) in [6, 6.07) is 34.3. The molecular weight excluding hydrogens is 472 g/mol. The highest BCUT2D eigenvalue weighted by atomic mass is 16.4. The lowest BCUT2D eigenvalue weighted by molar-refractivity contribution is 0.586. The maximum absolute atomic E-state index is 10.3. The van der Waals surface area contributed by atoms with E-state index < -0.39 is 0 Å². The molecule has 6 nitrogen and oxygen atoms in total. The van der Waals surface area contributed by atoms with Gasteiger partial charge in [0.2, 0.25) is 11.8 Å². The van der Waals surface area contributed by atoms with Crippen LogP contribution in [0.4, 0.5) is 5.69 Å². The van der Waals surface area contributed by atoms with Gasteiger partial charge in [-0.25, -0.2) is 4.85 Å². The molecule has 4 aromatic carbocycles. The standard InChI is InChI=1S/C32H16N4O2/c1-34-28-30-29(37-32(28)36-26-16-8-4-12-21(26)22-13-5-9-17-27(22)36)23(18-33)31(38-30)35-24-14-6-2-10-19(24)20-11-3-7-15-25(20)35/h2-17H. The number of para-hydroxylation sites is 4. The van der Waals surface area contributed by atoms with Crippen LogP contribution in [0.3, 0.4) is 0 Å². The number of nitrogens with zero attached hydrogens (tertiary/aromatic N) is 4. The molecule has 0 saturated carbocycles. The van der Waals surface area contributed by atoms with Crippen LogP contribution in [0.2, 0.25) is 0 Å². The molecule has 0 aliphatic heterocycles. The highest BCUT2D eigenvalue weighted by Gasteiger charge is 2.29. The Morgan fingerprint density at radius 1 is 0.579 bits per heavy atom. The second-order valence-corrected chi connectivity index (χ2v) is 9.16. The Morgan fingerprint density at radius 3 is 1.39 bits per heavy atom. The van der Waals surface area contributed by atoms with Gasteiger partial charge in [-0.1, -0.05) is 72.8 Å². The van der Waals surface area contributed by atoms with Gasteiger partial charge in [0.05, 0.1) is 28.6 Å². The van der Waals surface area contributed by atoms with Gasteiger partial charge < -0.3 is 8.83 Å². The third-order valence-corrected chi connectivity index (χ3v) is 7.25. The fourth-order valence-corrected chi connectivity index (χ4v) is 5.69. The summed E-state index contributed by atoms with van der Waals surface area (Å²) in [7, 11) is 0. The summed E-state index contributed by atoms with van der Waals surface area (Å²) in [5, 5.41) is 14.5. The summed E-state index contributed by atoms with van der Waals surface area (Å²) in [4.78, 5) is 3.85. The molecule has 8 aromatic rings. The zero-order valence-electron chi connectivity index (χ0n) is 19.8. The molecule has 8 rings (SSSR count). The number of benzene rings is 4. The molecular formula is C32H16N4O2. The Kier molecular flexibility index (Phi) is 3.98. The monoisotopic (exact) mass is 488 g/mol. The van der Waals surface area contributed by atoms with Gasteiger partial charge >= 0.3 is 0 Å². The first kappa shape index (κ1) is 20.5. The predicted molar refractivity (Wildman–Crippen MR) is 148 cm³/mol. The molecule has 38 heavy (non-hydrogen) atoms. The Balaban J connectivity index is 1.48. The topological polar surface area (TPSA) is 64.3 Å². The normalized spacial score (nSPS) is 11.6. The second kappa shape index (κ2) is 7.39. The number of nitriles is 1. The number of hydrogen-bond acceptors (Lipinski definition) is 3. The van der Waals surface area contributed by atoms with Crippen molar-refractivity contribution in [1.29, 1.82) is 5.26 Å². The molecule has 0 N–H and O–H groups in total. The van der Waals surface area contributed by atoms with E-state index in [4.69, 9.17) is 15.4 Å². The van der Waals surface area contributed by atoms with Crippen molar-refractivity contribution < 1.29 is 8.83 Å². The molecule has 0 unspecified atom stereocenters. The molecule has 4 aromatic heterocycles. The molecule has 176 valence electrons. The van der Waals surface area contributed by atoms with Crippen LogP contribution in [0, 0.1) is 17.9 Å². The molecule has 6 heteroatoms. The van der Waals surface area contributed by atoms with E-state index in [0.717, 1.165) is 43.6 Å². The number of fused-ring (bicyclic) bond motifs is 7. The van der Waals surface area contributed by atoms with Gasteiger partial charge in [-0.3, -0.25) is 9.13 Å². The Labute approximate surface area is 215 Å². The smallest absolute Gasteiger partial charge is 0.291 e. The van der Waals surface area contributed by atoms with Crippen molar-refractivity contribution in [2.24, 2.45) is 0 Å². The summed E-state index contributed by atoms with van der Waals surface area (Å²) in [5.74, 6) is 0.689. The van der Waals surface area contributed by atoms with E-state index >= 15 is 0 Å². The van der Waals surface area contributed by atoms with E-state index in [1.165, 1.54) is 0 Å². The van der Waals surface area contributed by atoms with Crippen molar-refractivity contribution in [1.82, 2.24) is 9.13 Å². The van der Waals surface area contributed by atoms with E-state index in [9.17, 15) is 5.26 Å². The summed E-state index contributed by atoms with van der Waals surface area (Å²) in [5.41, 5.74) is 4.67. The Bertz CT molecular complexity index is 2060. The maximum Gasteiger partial charge on any atom is 0.291 e. The molecule has 0 radical (unpaired) electrons. The van der Waals surface area contributed by atoms with Crippen LogP contribution >= 0.6 is 0 Å². The largest absolute Gasteiger partial charge is 0.446 e. The minimum atomic E-state index is 0.232. The zero-order chi connectivity index (χ0) is 25.4. The van der Waals surface area contributed by atoms with E-state index in [1.807, 2.05) is 81.9 Å². The highest BCUT2D eigenvalue weighted by Crippen LogP contribution is 2.45. The molecule has 0 amide bonds. The summed E-state index contributed by atoms with van der Waals surface area (Å²) < 4.78 is 16.7. The van der Waals surface area contributed by atoms with Crippen molar-refractivity contribution in [3.63, 3.8) is 0 Å². The van der Waals surface area contributed by atoms with Crippen LogP contribution in [0.25, 0.3) is 71.4 Å². The van der Waals surface area contributed by atoms with Crippen LogP contribution in [0.5, 0.6) is 0 Å². The van der Waals surface area contributed by atoms with Crippen LogP contribution in [0.1, 0.15) is 5.56 Å². The van der Waals surface area contributed by atoms with Crippen molar-refractivity contribution in [2.75, 3.05) is 0 Å². The Hall–Kier alpha value is -5.72. The van der Waals surface area contributed by atoms with Crippen LogP contribution in [0.15, 0.2) is 106 Å². The van der Waals surface area contributed by atoms with Gasteiger partial charge in [-0.2, -0.15) is 5.26 Å². The highest BCUT2D eigenvalue weighted by molar-refractivity contribution is 6.11. The van der Waals surface area contributed by atoms with Gasteiger partial charge in [0.25, 0.3) is 5.69 Å². The SMILES string of the molecule is [C-]#[N+]c1c(-n2c3ccccc3c3ccccc32)oc2c(C#N)c(-n3c4ccccc4c4ccccc43)oc12. The molecule has 0 fully saturated rings. The average molecular weight is 489 g/mol. The lowest BCUT2D eigenvalue weighted by Gasteiger charge is -2.06. The predicted octanol–water partition coefficient (Wildman–Crippen LogP) is 8.64. The molecule has 0 aliphatic rings. The first-order valence-electron chi connectivity index (χ1n) is 12.1. The number of hydrogen-bond donors (Lipinski definition) is 0. The lowest BCUT2D eigenvalue weighted by atomic mass is 10.2. The first-order chi connectivity index (χ1) is 18.8. The fraction of sp³-hybridized carbons (Fsp3) is 0. The lowest BCUT2D eigenvalue weighted by Crippen LogP contribution is -1.95. The first-order valence-corrected chi connectivity index (χ1v) is 12.1. The van der Waals surface area contributed by atoms with Crippen LogP contribution in [-0.2, 0) is 0 Å². The quantitative estimate of drug-likeness (QED) is 0.229. The van der Waals surface area contributed by atoms with Gasteiger partial charge in [-0.15, -0.1) is 0 Å². The number of furan rings is 2. The molecule has 4 heterocycles. The maximum atomic E-state index is 10.3. The molecule has 0 saturated heterocycles. The van der Waals surface area contributed by atoms with Gasteiger partial charge in [0.1, 0.15) is 6.07 Å². The van der Waals surface area contributed by atoms with E-state index in [0.29, 0.717) is 11.8 Å².